The number of ether oxygens (including phenoxy) is 1. The normalized spacial score (nSPS) is 23.2. The standard InChI is InChI=1S/C13H23N3O2/c1-10(14)11-4-3-5-16(7-11)8-12-6-13(9-17-2)18-15-12/h6,10-11H,3-5,7-9,14H2,1-2H3. The highest BCUT2D eigenvalue weighted by atomic mass is 16.5. The molecule has 2 heterocycles. The number of piperidine rings is 1. The summed E-state index contributed by atoms with van der Waals surface area (Å²) in [5.41, 5.74) is 6.97. The van der Waals surface area contributed by atoms with Gasteiger partial charge in [0.15, 0.2) is 5.76 Å². The van der Waals surface area contributed by atoms with Crippen molar-refractivity contribution in [2.45, 2.75) is 39.0 Å². The largest absolute Gasteiger partial charge is 0.377 e. The van der Waals surface area contributed by atoms with E-state index in [-0.39, 0.29) is 6.04 Å². The molecule has 0 aliphatic carbocycles. The summed E-state index contributed by atoms with van der Waals surface area (Å²) in [5, 5.41) is 4.07. The van der Waals surface area contributed by atoms with Gasteiger partial charge < -0.3 is 15.0 Å². The maximum atomic E-state index is 5.99. The Labute approximate surface area is 108 Å². The summed E-state index contributed by atoms with van der Waals surface area (Å²) in [4.78, 5) is 2.41. The average molecular weight is 253 g/mol. The van der Waals surface area contributed by atoms with Crippen molar-refractivity contribution in [1.29, 1.82) is 0 Å². The predicted molar refractivity (Wildman–Crippen MR) is 68.9 cm³/mol. The van der Waals surface area contributed by atoms with Crippen LogP contribution in [0.4, 0.5) is 0 Å². The molecule has 5 heteroatoms. The molecule has 1 aliphatic heterocycles. The Hall–Kier alpha value is -0.910. The van der Waals surface area contributed by atoms with Crippen molar-refractivity contribution in [3.63, 3.8) is 0 Å². The van der Waals surface area contributed by atoms with Gasteiger partial charge >= 0.3 is 0 Å². The molecular weight excluding hydrogens is 230 g/mol. The van der Waals surface area contributed by atoms with E-state index < -0.39 is 0 Å². The summed E-state index contributed by atoms with van der Waals surface area (Å²) in [7, 11) is 1.65. The lowest BCUT2D eigenvalue weighted by Gasteiger charge is -2.34. The second-order valence-corrected chi connectivity index (χ2v) is 5.21. The van der Waals surface area contributed by atoms with Crippen LogP contribution in [-0.4, -0.2) is 36.3 Å². The van der Waals surface area contributed by atoms with E-state index in [1.807, 2.05) is 6.07 Å². The molecule has 0 radical (unpaired) electrons. The number of hydrogen-bond acceptors (Lipinski definition) is 5. The summed E-state index contributed by atoms with van der Waals surface area (Å²) in [6, 6.07) is 2.24. The third-order valence-electron chi connectivity index (χ3n) is 3.57. The molecule has 0 spiro atoms. The van der Waals surface area contributed by atoms with Crippen molar-refractivity contribution in [2.24, 2.45) is 11.7 Å². The number of methoxy groups -OCH3 is 1. The molecule has 1 aromatic rings. The Balaban J connectivity index is 1.87. The monoisotopic (exact) mass is 253 g/mol. The average Bonchev–Trinajstić information content (AvgIpc) is 2.77. The fourth-order valence-corrected chi connectivity index (χ4v) is 2.53. The Morgan fingerprint density at radius 2 is 2.50 bits per heavy atom. The maximum absolute atomic E-state index is 5.99. The Kier molecular flexibility index (Phi) is 4.74. The minimum atomic E-state index is 0.272. The highest BCUT2D eigenvalue weighted by Crippen LogP contribution is 2.20. The number of rotatable bonds is 5. The summed E-state index contributed by atoms with van der Waals surface area (Å²) in [6.07, 6.45) is 2.46. The van der Waals surface area contributed by atoms with Crippen molar-refractivity contribution in [3.8, 4) is 0 Å². The first kappa shape index (κ1) is 13.5. The molecule has 0 amide bonds. The molecule has 18 heavy (non-hydrogen) atoms. The number of nitrogens with zero attached hydrogens (tertiary/aromatic N) is 2. The molecule has 102 valence electrons. The molecule has 0 saturated carbocycles. The van der Waals surface area contributed by atoms with Crippen molar-refractivity contribution in [2.75, 3.05) is 20.2 Å². The lowest BCUT2D eigenvalue weighted by atomic mass is 9.92. The molecule has 2 unspecified atom stereocenters. The number of aromatic nitrogens is 1. The van der Waals surface area contributed by atoms with E-state index >= 15 is 0 Å². The molecule has 2 atom stereocenters. The summed E-state index contributed by atoms with van der Waals surface area (Å²) >= 11 is 0. The van der Waals surface area contributed by atoms with E-state index in [1.165, 1.54) is 12.8 Å². The van der Waals surface area contributed by atoms with Crippen LogP contribution in [0, 0.1) is 5.92 Å². The zero-order valence-electron chi connectivity index (χ0n) is 11.3. The third-order valence-corrected chi connectivity index (χ3v) is 3.57. The molecule has 1 aromatic heterocycles. The predicted octanol–water partition coefficient (Wildman–Crippen LogP) is 1.38. The topological polar surface area (TPSA) is 64.5 Å². The number of nitrogens with two attached hydrogens (primary N) is 1. The first-order chi connectivity index (χ1) is 8.69. The van der Waals surface area contributed by atoms with Gasteiger partial charge in [-0.3, -0.25) is 4.90 Å². The van der Waals surface area contributed by atoms with Crippen molar-refractivity contribution < 1.29 is 9.26 Å². The van der Waals surface area contributed by atoms with Gasteiger partial charge in [0.1, 0.15) is 6.61 Å². The highest BCUT2D eigenvalue weighted by molar-refractivity contribution is 5.04. The fraction of sp³-hybridized carbons (Fsp3) is 0.769. The smallest absolute Gasteiger partial charge is 0.162 e. The van der Waals surface area contributed by atoms with E-state index in [9.17, 15) is 0 Å². The molecule has 5 nitrogen and oxygen atoms in total. The fourth-order valence-electron chi connectivity index (χ4n) is 2.53. The SMILES string of the molecule is COCc1cc(CN2CCCC(C(C)N)C2)no1. The molecule has 1 fully saturated rings. The molecule has 1 saturated heterocycles. The van der Waals surface area contributed by atoms with Crippen molar-refractivity contribution in [3.05, 3.63) is 17.5 Å². The lowest BCUT2D eigenvalue weighted by Crippen LogP contribution is -2.41. The lowest BCUT2D eigenvalue weighted by molar-refractivity contribution is 0.148. The molecule has 0 aromatic carbocycles. The van der Waals surface area contributed by atoms with Crippen LogP contribution in [0.2, 0.25) is 0 Å². The van der Waals surface area contributed by atoms with Gasteiger partial charge in [0, 0.05) is 32.3 Å². The third kappa shape index (κ3) is 3.54. The first-order valence-electron chi connectivity index (χ1n) is 6.60. The molecule has 2 rings (SSSR count). The molecule has 2 N–H and O–H groups in total. The van der Waals surface area contributed by atoms with E-state index in [1.54, 1.807) is 7.11 Å². The van der Waals surface area contributed by atoms with Gasteiger partial charge in [0.25, 0.3) is 0 Å². The van der Waals surface area contributed by atoms with Gasteiger partial charge in [0.2, 0.25) is 0 Å². The van der Waals surface area contributed by atoms with Gasteiger partial charge in [-0.1, -0.05) is 5.16 Å². The highest BCUT2D eigenvalue weighted by Gasteiger charge is 2.23. The van der Waals surface area contributed by atoms with Crippen LogP contribution in [0.25, 0.3) is 0 Å². The van der Waals surface area contributed by atoms with Crippen LogP contribution in [0.3, 0.4) is 0 Å². The summed E-state index contributed by atoms with van der Waals surface area (Å²) < 4.78 is 10.2. The van der Waals surface area contributed by atoms with Gasteiger partial charge in [-0.25, -0.2) is 0 Å². The van der Waals surface area contributed by atoms with Gasteiger partial charge in [-0.15, -0.1) is 0 Å². The second-order valence-electron chi connectivity index (χ2n) is 5.21. The maximum Gasteiger partial charge on any atom is 0.162 e. The van der Waals surface area contributed by atoms with Crippen molar-refractivity contribution in [1.82, 2.24) is 10.1 Å². The quantitative estimate of drug-likeness (QED) is 0.859. The zero-order valence-corrected chi connectivity index (χ0v) is 11.3. The molecule has 1 aliphatic rings. The van der Waals surface area contributed by atoms with Crippen molar-refractivity contribution >= 4 is 0 Å². The van der Waals surface area contributed by atoms with Crippen LogP contribution >= 0.6 is 0 Å². The Morgan fingerprint density at radius 1 is 1.67 bits per heavy atom. The molecule has 0 bridgehead atoms. The van der Waals surface area contributed by atoms with E-state index in [0.29, 0.717) is 12.5 Å². The van der Waals surface area contributed by atoms with Crippen LogP contribution in [0.5, 0.6) is 0 Å². The van der Waals surface area contributed by atoms with Gasteiger partial charge in [-0.2, -0.15) is 0 Å². The van der Waals surface area contributed by atoms with E-state index in [4.69, 9.17) is 15.0 Å². The summed E-state index contributed by atoms with van der Waals surface area (Å²) in [6.45, 7) is 5.60. The molecular formula is C13H23N3O2. The van der Waals surface area contributed by atoms with Crippen LogP contribution < -0.4 is 5.73 Å². The van der Waals surface area contributed by atoms with Crippen LogP contribution in [0.1, 0.15) is 31.2 Å². The minimum absolute atomic E-state index is 0.272. The number of hydrogen-bond donors (Lipinski definition) is 1. The Bertz CT molecular complexity index is 365. The minimum Gasteiger partial charge on any atom is -0.377 e. The van der Waals surface area contributed by atoms with Gasteiger partial charge in [-0.05, 0) is 32.2 Å². The van der Waals surface area contributed by atoms with Crippen LogP contribution in [-0.2, 0) is 17.9 Å². The van der Waals surface area contributed by atoms with E-state index in [0.717, 1.165) is 31.1 Å². The van der Waals surface area contributed by atoms with Crippen LogP contribution in [0.15, 0.2) is 10.6 Å². The van der Waals surface area contributed by atoms with E-state index in [2.05, 4.69) is 17.0 Å². The Morgan fingerprint density at radius 3 is 3.22 bits per heavy atom. The summed E-state index contributed by atoms with van der Waals surface area (Å²) in [5.74, 6) is 1.39. The number of likely N-dealkylation sites (tertiary alicyclic amines) is 1. The van der Waals surface area contributed by atoms with Gasteiger partial charge in [0.05, 0.1) is 5.69 Å². The second kappa shape index (κ2) is 6.31. The first-order valence-corrected chi connectivity index (χ1v) is 6.60. The zero-order chi connectivity index (χ0) is 13.0.